The molecular formula is C18H21NO2. The molecule has 0 heterocycles. The summed E-state index contributed by atoms with van der Waals surface area (Å²) in [7, 11) is 0. The van der Waals surface area contributed by atoms with Gasteiger partial charge in [0.2, 0.25) is 5.91 Å². The number of phenols is 1. The van der Waals surface area contributed by atoms with Crippen molar-refractivity contribution in [3.05, 3.63) is 65.7 Å². The van der Waals surface area contributed by atoms with Crippen LogP contribution in [0, 0.1) is 0 Å². The number of phenolic OH excluding ortho intramolecular Hbond substituents is 1. The van der Waals surface area contributed by atoms with Gasteiger partial charge in [0.25, 0.3) is 0 Å². The van der Waals surface area contributed by atoms with Crippen LogP contribution in [0.4, 0.5) is 0 Å². The molecule has 1 atom stereocenters. The van der Waals surface area contributed by atoms with Crippen LogP contribution in [0.25, 0.3) is 0 Å². The van der Waals surface area contributed by atoms with Crippen LogP contribution in [0.5, 0.6) is 5.75 Å². The predicted octanol–water partition coefficient (Wildman–Crippen LogP) is 3.59. The van der Waals surface area contributed by atoms with E-state index in [1.807, 2.05) is 49.4 Å². The maximum Gasteiger partial charge on any atom is 0.220 e. The molecule has 3 nitrogen and oxygen atoms in total. The van der Waals surface area contributed by atoms with Gasteiger partial charge in [-0.2, -0.15) is 0 Å². The third-order valence-electron chi connectivity index (χ3n) is 3.54. The van der Waals surface area contributed by atoms with Crippen molar-refractivity contribution in [1.29, 1.82) is 0 Å². The van der Waals surface area contributed by atoms with Gasteiger partial charge in [0, 0.05) is 12.0 Å². The number of hydrogen-bond donors (Lipinski definition) is 2. The Hall–Kier alpha value is -2.29. The van der Waals surface area contributed by atoms with Gasteiger partial charge in [-0.15, -0.1) is 0 Å². The molecular weight excluding hydrogens is 262 g/mol. The van der Waals surface area contributed by atoms with Crippen LogP contribution in [0.2, 0.25) is 0 Å². The average molecular weight is 283 g/mol. The number of benzene rings is 2. The zero-order valence-electron chi connectivity index (χ0n) is 12.3. The van der Waals surface area contributed by atoms with Crippen molar-refractivity contribution >= 4 is 5.91 Å². The Bertz CT molecular complexity index is 581. The molecule has 2 aromatic carbocycles. The van der Waals surface area contributed by atoms with E-state index in [0.717, 1.165) is 24.0 Å². The summed E-state index contributed by atoms with van der Waals surface area (Å²) in [5.74, 6) is 0.238. The highest BCUT2D eigenvalue weighted by Crippen LogP contribution is 2.25. The lowest BCUT2D eigenvalue weighted by Crippen LogP contribution is -2.28. The molecule has 21 heavy (non-hydrogen) atoms. The summed E-state index contributed by atoms with van der Waals surface area (Å²) in [6.45, 7) is 1.99. The van der Waals surface area contributed by atoms with Crippen molar-refractivity contribution in [2.45, 2.75) is 32.2 Å². The van der Waals surface area contributed by atoms with Crippen LogP contribution < -0.4 is 5.32 Å². The molecule has 1 amide bonds. The lowest BCUT2D eigenvalue weighted by Gasteiger charge is -2.18. The van der Waals surface area contributed by atoms with E-state index >= 15 is 0 Å². The molecule has 1 unspecified atom stereocenters. The maximum atomic E-state index is 12.1. The van der Waals surface area contributed by atoms with Crippen LogP contribution in [-0.2, 0) is 11.2 Å². The topological polar surface area (TPSA) is 49.3 Å². The minimum Gasteiger partial charge on any atom is -0.508 e. The Morgan fingerprint density at radius 3 is 2.43 bits per heavy atom. The molecule has 0 bridgehead atoms. The molecule has 2 aromatic rings. The van der Waals surface area contributed by atoms with Gasteiger partial charge in [0.05, 0.1) is 6.04 Å². The van der Waals surface area contributed by atoms with Gasteiger partial charge in [0.15, 0.2) is 0 Å². The molecule has 0 fully saturated rings. The first-order valence-electron chi connectivity index (χ1n) is 7.32. The van der Waals surface area contributed by atoms with Gasteiger partial charge < -0.3 is 10.4 Å². The Morgan fingerprint density at radius 1 is 1.10 bits per heavy atom. The van der Waals surface area contributed by atoms with Gasteiger partial charge in [-0.25, -0.2) is 0 Å². The molecule has 0 aromatic heterocycles. The smallest absolute Gasteiger partial charge is 0.220 e. The first-order valence-corrected chi connectivity index (χ1v) is 7.32. The molecule has 2 rings (SSSR count). The van der Waals surface area contributed by atoms with E-state index in [4.69, 9.17) is 0 Å². The number of hydrogen-bond acceptors (Lipinski definition) is 2. The third kappa shape index (κ3) is 4.35. The molecule has 3 heteroatoms. The van der Waals surface area contributed by atoms with Crippen LogP contribution in [-0.4, -0.2) is 11.0 Å². The Morgan fingerprint density at radius 2 is 1.76 bits per heavy atom. The van der Waals surface area contributed by atoms with Gasteiger partial charge in [0.1, 0.15) is 5.75 Å². The largest absolute Gasteiger partial charge is 0.508 e. The summed E-state index contributed by atoms with van der Waals surface area (Å²) in [4.78, 5) is 12.1. The van der Waals surface area contributed by atoms with Crippen molar-refractivity contribution < 1.29 is 9.90 Å². The van der Waals surface area contributed by atoms with Gasteiger partial charge >= 0.3 is 0 Å². The predicted molar refractivity (Wildman–Crippen MR) is 84.0 cm³/mol. The van der Waals surface area contributed by atoms with Crippen molar-refractivity contribution in [2.75, 3.05) is 0 Å². The lowest BCUT2D eigenvalue weighted by molar-refractivity contribution is -0.121. The highest BCUT2D eigenvalue weighted by atomic mass is 16.3. The molecule has 0 radical (unpaired) electrons. The number of carbonyl (C=O) groups is 1. The highest BCUT2D eigenvalue weighted by molar-refractivity contribution is 5.76. The summed E-state index contributed by atoms with van der Waals surface area (Å²) >= 11 is 0. The number of carbonyl (C=O) groups excluding carboxylic acids is 1. The van der Waals surface area contributed by atoms with E-state index in [0.29, 0.717) is 6.42 Å². The molecule has 0 aliphatic carbocycles. The number of rotatable bonds is 6. The van der Waals surface area contributed by atoms with Gasteiger partial charge in [-0.1, -0.05) is 55.5 Å². The van der Waals surface area contributed by atoms with Gasteiger partial charge in [-0.3, -0.25) is 4.79 Å². The number of amides is 1. The fourth-order valence-electron chi connectivity index (χ4n) is 2.35. The van der Waals surface area contributed by atoms with Crippen molar-refractivity contribution in [3.8, 4) is 5.75 Å². The van der Waals surface area contributed by atoms with Crippen LogP contribution in [0.1, 0.15) is 36.9 Å². The maximum absolute atomic E-state index is 12.1. The van der Waals surface area contributed by atoms with Crippen molar-refractivity contribution in [2.24, 2.45) is 0 Å². The van der Waals surface area contributed by atoms with E-state index < -0.39 is 0 Å². The highest BCUT2D eigenvalue weighted by Gasteiger charge is 2.15. The second-order valence-corrected chi connectivity index (χ2v) is 5.07. The minimum atomic E-state index is -0.144. The molecule has 110 valence electrons. The quantitative estimate of drug-likeness (QED) is 0.851. The number of para-hydroxylation sites is 1. The van der Waals surface area contributed by atoms with E-state index in [9.17, 15) is 9.90 Å². The van der Waals surface area contributed by atoms with Crippen molar-refractivity contribution in [3.63, 3.8) is 0 Å². The van der Waals surface area contributed by atoms with Crippen molar-refractivity contribution in [1.82, 2.24) is 5.32 Å². The second kappa shape index (κ2) is 7.48. The average Bonchev–Trinajstić information content (AvgIpc) is 2.52. The van der Waals surface area contributed by atoms with Gasteiger partial charge in [-0.05, 0) is 24.5 Å². The Balaban J connectivity index is 1.93. The molecule has 0 saturated carbocycles. The summed E-state index contributed by atoms with van der Waals surface area (Å²) in [5.41, 5.74) is 1.93. The van der Waals surface area contributed by atoms with Crippen LogP contribution in [0.3, 0.4) is 0 Å². The fourth-order valence-corrected chi connectivity index (χ4v) is 2.35. The normalized spacial score (nSPS) is 11.9. The molecule has 0 saturated heterocycles. The summed E-state index contributed by atoms with van der Waals surface area (Å²) in [6, 6.07) is 17.0. The monoisotopic (exact) mass is 283 g/mol. The standard InChI is InChI=1S/C18H21NO2/c1-2-16(15-10-6-7-11-17(15)20)19-18(21)13-12-14-8-4-3-5-9-14/h3-11,16,20H,2,12-13H2,1H3,(H,19,21). The number of nitrogens with one attached hydrogen (secondary N) is 1. The fraction of sp³-hybridized carbons (Fsp3) is 0.278. The first-order chi connectivity index (χ1) is 10.2. The molecule has 0 aliphatic heterocycles. The number of aromatic hydroxyl groups is 1. The SMILES string of the molecule is CCC(NC(=O)CCc1ccccc1)c1ccccc1O. The van der Waals surface area contributed by atoms with E-state index in [1.165, 1.54) is 0 Å². The first kappa shape index (κ1) is 15.1. The summed E-state index contributed by atoms with van der Waals surface area (Å²) < 4.78 is 0. The van der Waals surface area contributed by atoms with Crippen LogP contribution in [0.15, 0.2) is 54.6 Å². The Kier molecular flexibility index (Phi) is 5.38. The van der Waals surface area contributed by atoms with E-state index in [-0.39, 0.29) is 17.7 Å². The zero-order chi connectivity index (χ0) is 15.1. The molecule has 0 spiro atoms. The second-order valence-electron chi connectivity index (χ2n) is 5.07. The summed E-state index contributed by atoms with van der Waals surface area (Å²) in [6.07, 6.45) is 1.92. The molecule has 0 aliphatic rings. The van der Waals surface area contributed by atoms with Crippen LogP contribution >= 0.6 is 0 Å². The molecule has 2 N–H and O–H groups in total. The summed E-state index contributed by atoms with van der Waals surface area (Å²) in [5, 5.41) is 12.9. The van der Waals surface area contributed by atoms with E-state index in [2.05, 4.69) is 5.32 Å². The lowest BCUT2D eigenvalue weighted by atomic mass is 10.0. The van der Waals surface area contributed by atoms with E-state index in [1.54, 1.807) is 12.1 Å². The Labute approximate surface area is 125 Å². The minimum absolute atomic E-state index is 0.00829. The zero-order valence-corrected chi connectivity index (χ0v) is 12.3. The third-order valence-corrected chi connectivity index (χ3v) is 3.54. The number of aryl methyl sites for hydroxylation is 1.